The number of halogens is 2. The highest BCUT2D eigenvalue weighted by atomic mass is 79.9. The maximum Gasteiger partial charge on any atom is 0.200 e. The van der Waals surface area contributed by atoms with E-state index in [1.165, 1.54) is 0 Å². The maximum atomic E-state index is 9.48. The zero-order chi connectivity index (χ0) is 10.9. The zero-order valence-corrected chi connectivity index (χ0v) is 11.1. The summed E-state index contributed by atoms with van der Waals surface area (Å²) in [6.07, 6.45) is 6.58. The van der Waals surface area contributed by atoms with E-state index in [-0.39, 0.29) is 9.65 Å². The van der Waals surface area contributed by atoms with Gasteiger partial charge in [-0.3, -0.25) is 0 Å². The molecule has 0 radical (unpaired) electrons. The van der Waals surface area contributed by atoms with Crippen LogP contribution in [0.25, 0.3) is 0 Å². The highest BCUT2D eigenvalue weighted by molar-refractivity contribution is 9.10. The van der Waals surface area contributed by atoms with Crippen molar-refractivity contribution in [3.8, 4) is 0 Å². The first-order valence-electron chi connectivity index (χ1n) is 4.76. The Hall–Kier alpha value is 0.320. The largest absolute Gasteiger partial charge is 0.385 e. The van der Waals surface area contributed by atoms with Crippen LogP contribution >= 0.6 is 31.9 Å². The predicted molar refractivity (Wildman–Crippen MR) is 64.4 cm³/mol. The first-order chi connectivity index (χ1) is 7.15. The van der Waals surface area contributed by atoms with Crippen LogP contribution in [-0.2, 0) is 9.47 Å². The van der Waals surface area contributed by atoms with Crippen molar-refractivity contribution in [2.75, 3.05) is 13.2 Å². The van der Waals surface area contributed by atoms with Crippen molar-refractivity contribution in [1.29, 1.82) is 0 Å². The average Bonchev–Trinajstić information content (AvgIpc) is 2.71. The van der Waals surface area contributed by atoms with Crippen molar-refractivity contribution in [1.82, 2.24) is 0 Å². The Kier molecular flexibility index (Phi) is 3.67. The molecule has 0 aromatic carbocycles. The van der Waals surface area contributed by atoms with E-state index in [2.05, 4.69) is 31.9 Å². The van der Waals surface area contributed by atoms with Gasteiger partial charge in [0.1, 0.15) is 0 Å². The summed E-state index contributed by atoms with van der Waals surface area (Å²) < 4.78 is 11.4. The number of ether oxygens (including phenoxy) is 2. The molecular weight excluding hydrogens is 328 g/mol. The van der Waals surface area contributed by atoms with Crippen LogP contribution < -0.4 is 0 Å². The molecule has 1 N–H and O–H groups in total. The summed E-state index contributed by atoms with van der Waals surface area (Å²) in [4.78, 5) is -0.173. The van der Waals surface area contributed by atoms with E-state index < -0.39 is 11.9 Å². The Balaban J connectivity index is 2.28. The van der Waals surface area contributed by atoms with E-state index in [1.54, 1.807) is 12.2 Å². The van der Waals surface area contributed by atoms with Crippen LogP contribution in [0.15, 0.2) is 24.3 Å². The summed E-state index contributed by atoms with van der Waals surface area (Å²) in [6, 6.07) is 0. The molecule has 0 bridgehead atoms. The molecule has 1 aliphatic carbocycles. The van der Waals surface area contributed by atoms with Crippen LogP contribution in [0.3, 0.4) is 0 Å². The fourth-order valence-electron chi connectivity index (χ4n) is 1.67. The van der Waals surface area contributed by atoms with E-state index >= 15 is 0 Å². The van der Waals surface area contributed by atoms with Crippen LogP contribution in [-0.4, -0.2) is 39.9 Å². The quantitative estimate of drug-likeness (QED) is 0.539. The smallest absolute Gasteiger partial charge is 0.200 e. The summed E-state index contributed by atoms with van der Waals surface area (Å²) in [7, 11) is 0. The molecule has 5 heteroatoms. The fourth-order valence-corrected chi connectivity index (χ4v) is 3.48. The van der Waals surface area contributed by atoms with Gasteiger partial charge >= 0.3 is 0 Å². The van der Waals surface area contributed by atoms with Gasteiger partial charge in [0.25, 0.3) is 0 Å². The van der Waals surface area contributed by atoms with Crippen molar-refractivity contribution in [2.45, 2.75) is 21.5 Å². The molecule has 3 nitrogen and oxygen atoms in total. The lowest BCUT2D eigenvalue weighted by Gasteiger charge is -2.34. The van der Waals surface area contributed by atoms with Crippen molar-refractivity contribution in [3.05, 3.63) is 24.3 Å². The molecule has 1 spiro atoms. The number of hydrogen-bond acceptors (Lipinski definition) is 3. The monoisotopic (exact) mass is 338 g/mol. The van der Waals surface area contributed by atoms with Gasteiger partial charge in [0, 0.05) is 0 Å². The number of alkyl halides is 2. The van der Waals surface area contributed by atoms with Gasteiger partial charge < -0.3 is 14.6 Å². The molecule has 2 unspecified atom stereocenters. The molecule has 2 aliphatic rings. The third kappa shape index (κ3) is 2.22. The zero-order valence-electron chi connectivity index (χ0n) is 7.98. The standard InChI is InChI=1S/C10H12Br2O3/c11-8-3-1-7(13)2-4-9(12)10(8)14-5-6-15-10/h1-4,7-9,13H,5-6H2/b3-1-,4-2-. The van der Waals surface area contributed by atoms with Gasteiger partial charge in [-0.1, -0.05) is 56.2 Å². The summed E-state index contributed by atoms with van der Waals surface area (Å²) in [5, 5.41) is 9.48. The summed E-state index contributed by atoms with van der Waals surface area (Å²) in [6.45, 7) is 1.18. The molecule has 1 aliphatic heterocycles. The number of rotatable bonds is 0. The Morgan fingerprint density at radius 1 is 1.00 bits per heavy atom. The average molecular weight is 340 g/mol. The molecule has 0 aromatic heterocycles. The molecule has 1 heterocycles. The summed E-state index contributed by atoms with van der Waals surface area (Å²) in [5.41, 5.74) is 0. The van der Waals surface area contributed by atoms with Crippen molar-refractivity contribution in [2.24, 2.45) is 0 Å². The topological polar surface area (TPSA) is 38.7 Å². The van der Waals surface area contributed by atoms with E-state index in [0.29, 0.717) is 13.2 Å². The predicted octanol–water partition coefficient (Wildman–Crippen LogP) is 1.74. The molecule has 2 atom stereocenters. The fraction of sp³-hybridized carbons (Fsp3) is 0.600. The minimum Gasteiger partial charge on any atom is -0.385 e. The van der Waals surface area contributed by atoms with E-state index in [9.17, 15) is 5.11 Å². The van der Waals surface area contributed by atoms with Gasteiger partial charge in [-0.05, 0) is 0 Å². The van der Waals surface area contributed by atoms with Gasteiger partial charge in [0.15, 0.2) is 0 Å². The van der Waals surface area contributed by atoms with E-state index in [4.69, 9.17) is 9.47 Å². The van der Waals surface area contributed by atoms with Gasteiger partial charge in [-0.2, -0.15) is 0 Å². The minimum atomic E-state index is -0.701. The maximum absolute atomic E-state index is 9.48. The van der Waals surface area contributed by atoms with Gasteiger partial charge in [0.05, 0.1) is 29.0 Å². The lowest BCUT2D eigenvalue weighted by atomic mass is 10.0. The number of aliphatic hydroxyl groups is 1. The molecule has 84 valence electrons. The highest BCUT2D eigenvalue weighted by Crippen LogP contribution is 2.38. The first kappa shape index (κ1) is 11.8. The van der Waals surface area contributed by atoms with Gasteiger partial charge in [0.2, 0.25) is 5.79 Å². The van der Waals surface area contributed by atoms with E-state index in [0.717, 1.165) is 0 Å². The Morgan fingerprint density at radius 3 is 1.93 bits per heavy atom. The molecule has 0 saturated carbocycles. The minimum absolute atomic E-state index is 0.0866. The summed E-state index contributed by atoms with van der Waals surface area (Å²) in [5.74, 6) is -0.701. The van der Waals surface area contributed by atoms with Gasteiger partial charge in [-0.15, -0.1) is 0 Å². The Labute approximate surface area is 105 Å². The normalized spacial score (nSPS) is 43.5. The number of hydrogen-bond donors (Lipinski definition) is 1. The third-order valence-electron chi connectivity index (χ3n) is 2.46. The molecule has 2 rings (SSSR count). The first-order valence-corrected chi connectivity index (χ1v) is 6.59. The lowest BCUT2D eigenvalue weighted by molar-refractivity contribution is -0.140. The van der Waals surface area contributed by atoms with Crippen LogP contribution in [0.1, 0.15) is 0 Å². The molecule has 15 heavy (non-hydrogen) atoms. The summed E-state index contributed by atoms with van der Waals surface area (Å²) >= 11 is 7.03. The second-order valence-electron chi connectivity index (χ2n) is 3.48. The molecular formula is C10H12Br2O3. The SMILES string of the molecule is OC1/C=C\C(Br)C2(OCCO2)C(Br)/C=C\1. The van der Waals surface area contributed by atoms with Crippen molar-refractivity contribution >= 4 is 31.9 Å². The molecule has 0 aromatic rings. The van der Waals surface area contributed by atoms with Crippen LogP contribution in [0.2, 0.25) is 0 Å². The Morgan fingerprint density at radius 2 is 1.47 bits per heavy atom. The van der Waals surface area contributed by atoms with Gasteiger partial charge in [-0.25, -0.2) is 0 Å². The molecule has 0 amide bonds. The van der Waals surface area contributed by atoms with Crippen LogP contribution in [0.5, 0.6) is 0 Å². The number of aliphatic hydroxyl groups excluding tert-OH is 1. The lowest BCUT2D eigenvalue weighted by Crippen LogP contribution is -2.47. The third-order valence-corrected chi connectivity index (χ3v) is 4.35. The van der Waals surface area contributed by atoms with E-state index in [1.807, 2.05) is 12.2 Å². The van der Waals surface area contributed by atoms with Crippen LogP contribution in [0, 0.1) is 0 Å². The Bertz CT molecular complexity index is 262. The highest BCUT2D eigenvalue weighted by Gasteiger charge is 2.47. The second kappa shape index (κ2) is 4.67. The van der Waals surface area contributed by atoms with Crippen LogP contribution in [0.4, 0.5) is 0 Å². The van der Waals surface area contributed by atoms with Crippen molar-refractivity contribution in [3.63, 3.8) is 0 Å². The molecule has 1 fully saturated rings. The molecule has 1 saturated heterocycles. The van der Waals surface area contributed by atoms with Crippen molar-refractivity contribution < 1.29 is 14.6 Å². The second-order valence-corrected chi connectivity index (χ2v) is 5.46.